The van der Waals surface area contributed by atoms with E-state index in [1.54, 1.807) is 12.1 Å². The SMILES string of the molecule is Fc1ccc(Br)cc1NC1CCOc2ccc(Br)cc21. The molecule has 2 aromatic carbocycles. The minimum absolute atomic E-state index is 0.0417. The van der Waals surface area contributed by atoms with Crippen molar-refractivity contribution in [1.82, 2.24) is 0 Å². The fraction of sp³-hybridized carbons (Fsp3) is 0.200. The molecule has 20 heavy (non-hydrogen) atoms. The van der Waals surface area contributed by atoms with Crippen LogP contribution in [0.3, 0.4) is 0 Å². The molecule has 0 radical (unpaired) electrons. The Kier molecular flexibility index (Phi) is 3.98. The van der Waals surface area contributed by atoms with Crippen molar-refractivity contribution >= 4 is 37.5 Å². The lowest BCUT2D eigenvalue weighted by Crippen LogP contribution is -2.20. The molecule has 0 aliphatic carbocycles. The molecule has 1 aliphatic rings. The lowest BCUT2D eigenvalue weighted by Gasteiger charge is -2.28. The lowest BCUT2D eigenvalue weighted by molar-refractivity contribution is 0.274. The average Bonchev–Trinajstić information content (AvgIpc) is 2.43. The molecule has 0 saturated carbocycles. The second-order valence-corrected chi connectivity index (χ2v) is 6.47. The standard InChI is InChI=1S/C15H12Br2FNO/c16-9-2-4-15-11(7-9)13(5-6-20-15)19-14-8-10(17)1-3-12(14)18/h1-4,7-8,13,19H,5-6H2. The number of fused-ring (bicyclic) bond motifs is 1. The van der Waals surface area contributed by atoms with Crippen LogP contribution in [0, 0.1) is 5.82 Å². The van der Waals surface area contributed by atoms with E-state index in [1.807, 2.05) is 18.2 Å². The molecule has 104 valence electrons. The molecule has 2 aromatic rings. The van der Waals surface area contributed by atoms with Crippen LogP contribution < -0.4 is 10.1 Å². The number of halogens is 3. The maximum Gasteiger partial charge on any atom is 0.146 e. The monoisotopic (exact) mass is 399 g/mol. The summed E-state index contributed by atoms with van der Waals surface area (Å²) in [5.74, 6) is 0.601. The number of ether oxygens (including phenoxy) is 1. The van der Waals surface area contributed by atoms with Gasteiger partial charge in [0, 0.05) is 20.9 Å². The van der Waals surface area contributed by atoms with Crippen LogP contribution >= 0.6 is 31.9 Å². The van der Waals surface area contributed by atoms with Gasteiger partial charge in [0.05, 0.1) is 18.3 Å². The molecular formula is C15H12Br2FNO. The smallest absolute Gasteiger partial charge is 0.146 e. The van der Waals surface area contributed by atoms with Gasteiger partial charge < -0.3 is 10.1 Å². The van der Waals surface area contributed by atoms with Crippen LogP contribution in [0.25, 0.3) is 0 Å². The molecule has 0 saturated heterocycles. The number of benzene rings is 2. The minimum Gasteiger partial charge on any atom is -0.493 e. The van der Waals surface area contributed by atoms with Gasteiger partial charge in [-0.25, -0.2) is 4.39 Å². The summed E-state index contributed by atoms with van der Waals surface area (Å²) >= 11 is 6.83. The second-order valence-electron chi connectivity index (χ2n) is 4.64. The van der Waals surface area contributed by atoms with Gasteiger partial charge in [0.1, 0.15) is 11.6 Å². The third-order valence-electron chi connectivity index (χ3n) is 3.27. The Bertz CT molecular complexity index is 648. The van der Waals surface area contributed by atoms with Crippen molar-refractivity contribution in [3.63, 3.8) is 0 Å². The van der Waals surface area contributed by atoms with Crippen LogP contribution in [-0.2, 0) is 0 Å². The highest BCUT2D eigenvalue weighted by Gasteiger charge is 2.22. The van der Waals surface area contributed by atoms with Crippen LogP contribution in [0.1, 0.15) is 18.0 Å². The first-order valence-corrected chi connectivity index (χ1v) is 7.86. The molecule has 0 aromatic heterocycles. The lowest BCUT2D eigenvalue weighted by atomic mass is 10.0. The maximum atomic E-state index is 13.9. The molecule has 0 amide bonds. The van der Waals surface area contributed by atoms with Gasteiger partial charge in [-0.1, -0.05) is 31.9 Å². The summed E-state index contributed by atoms with van der Waals surface area (Å²) in [6, 6.07) is 10.8. The molecule has 1 atom stereocenters. The van der Waals surface area contributed by atoms with Gasteiger partial charge in [0.2, 0.25) is 0 Å². The summed E-state index contributed by atoms with van der Waals surface area (Å²) in [7, 11) is 0. The molecule has 1 heterocycles. The first-order chi connectivity index (χ1) is 9.63. The summed E-state index contributed by atoms with van der Waals surface area (Å²) in [4.78, 5) is 0. The molecule has 1 unspecified atom stereocenters. The van der Waals surface area contributed by atoms with E-state index in [9.17, 15) is 4.39 Å². The average molecular weight is 401 g/mol. The number of nitrogens with one attached hydrogen (secondary N) is 1. The number of rotatable bonds is 2. The van der Waals surface area contributed by atoms with Gasteiger partial charge in [-0.2, -0.15) is 0 Å². The highest BCUT2D eigenvalue weighted by Crippen LogP contribution is 2.36. The molecule has 0 bridgehead atoms. The van der Waals surface area contributed by atoms with Gasteiger partial charge in [-0.05, 0) is 36.4 Å². The molecule has 0 fully saturated rings. The predicted molar refractivity (Wildman–Crippen MR) is 84.7 cm³/mol. The summed E-state index contributed by atoms with van der Waals surface area (Å²) < 4.78 is 21.3. The van der Waals surface area contributed by atoms with Crippen molar-refractivity contribution < 1.29 is 9.13 Å². The van der Waals surface area contributed by atoms with Crippen molar-refractivity contribution in [2.75, 3.05) is 11.9 Å². The van der Waals surface area contributed by atoms with Gasteiger partial charge >= 0.3 is 0 Å². The summed E-state index contributed by atoms with van der Waals surface area (Å²) in [5, 5.41) is 3.27. The predicted octanol–water partition coefficient (Wildman–Crippen LogP) is 5.29. The maximum absolute atomic E-state index is 13.9. The van der Waals surface area contributed by atoms with E-state index in [1.165, 1.54) is 6.07 Å². The molecule has 5 heteroatoms. The van der Waals surface area contributed by atoms with E-state index in [0.29, 0.717) is 12.3 Å². The van der Waals surface area contributed by atoms with E-state index in [-0.39, 0.29) is 11.9 Å². The Labute approximate surface area is 133 Å². The number of hydrogen-bond donors (Lipinski definition) is 1. The van der Waals surface area contributed by atoms with E-state index in [0.717, 1.165) is 26.7 Å². The Morgan fingerprint density at radius 1 is 1.10 bits per heavy atom. The van der Waals surface area contributed by atoms with Gasteiger partial charge in [-0.15, -0.1) is 0 Å². The number of hydrogen-bond acceptors (Lipinski definition) is 2. The summed E-state index contributed by atoms with van der Waals surface area (Å²) in [6.07, 6.45) is 0.801. The van der Waals surface area contributed by atoms with Crippen molar-refractivity contribution in [3.05, 3.63) is 56.7 Å². The highest BCUT2D eigenvalue weighted by molar-refractivity contribution is 9.10. The van der Waals surface area contributed by atoms with Crippen molar-refractivity contribution in [2.24, 2.45) is 0 Å². The second kappa shape index (κ2) is 5.74. The molecular weight excluding hydrogens is 389 g/mol. The van der Waals surface area contributed by atoms with Gasteiger partial charge in [-0.3, -0.25) is 0 Å². The van der Waals surface area contributed by atoms with E-state index in [2.05, 4.69) is 37.2 Å². The zero-order chi connectivity index (χ0) is 14.1. The zero-order valence-corrected chi connectivity index (χ0v) is 13.7. The van der Waals surface area contributed by atoms with Crippen molar-refractivity contribution in [3.8, 4) is 5.75 Å². The summed E-state index contributed by atoms with van der Waals surface area (Å²) in [5.41, 5.74) is 1.54. The van der Waals surface area contributed by atoms with Crippen molar-refractivity contribution in [1.29, 1.82) is 0 Å². The molecule has 0 spiro atoms. The third-order valence-corrected chi connectivity index (χ3v) is 4.26. The molecule has 1 N–H and O–H groups in total. The van der Waals surface area contributed by atoms with E-state index < -0.39 is 0 Å². The highest BCUT2D eigenvalue weighted by atomic mass is 79.9. The molecule has 2 nitrogen and oxygen atoms in total. The Morgan fingerprint density at radius 2 is 1.85 bits per heavy atom. The number of anilines is 1. The van der Waals surface area contributed by atoms with Crippen LogP contribution in [0.15, 0.2) is 45.3 Å². The first-order valence-electron chi connectivity index (χ1n) is 6.27. The fourth-order valence-electron chi connectivity index (χ4n) is 2.31. The van der Waals surface area contributed by atoms with Crippen LogP contribution in [0.5, 0.6) is 5.75 Å². The Hall–Kier alpha value is -1.07. The largest absolute Gasteiger partial charge is 0.493 e. The minimum atomic E-state index is -0.253. The zero-order valence-electron chi connectivity index (χ0n) is 10.5. The van der Waals surface area contributed by atoms with Crippen molar-refractivity contribution in [2.45, 2.75) is 12.5 Å². The molecule has 1 aliphatic heterocycles. The van der Waals surface area contributed by atoms with Crippen LogP contribution in [0.4, 0.5) is 10.1 Å². The van der Waals surface area contributed by atoms with Gasteiger partial charge in [0.25, 0.3) is 0 Å². The molecule has 3 rings (SSSR count). The van der Waals surface area contributed by atoms with E-state index >= 15 is 0 Å². The van der Waals surface area contributed by atoms with Gasteiger partial charge in [0.15, 0.2) is 0 Å². The summed E-state index contributed by atoms with van der Waals surface area (Å²) in [6.45, 7) is 0.627. The quantitative estimate of drug-likeness (QED) is 0.739. The Morgan fingerprint density at radius 3 is 2.70 bits per heavy atom. The van der Waals surface area contributed by atoms with Crippen LogP contribution in [0.2, 0.25) is 0 Å². The Balaban J connectivity index is 1.93. The first kappa shape index (κ1) is 13.9. The third kappa shape index (κ3) is 2.83. The van der Waals surface area contributed by atoms with E-state index in [4.69, 9.17) is 4.74 Å². The van der Waals surface area contributed by atoms with Crippen LogP contribution in [-0.4, -0.2) is 6.61 Å². The topological polar surface area (TPSA) is 21.3 Å². The normalized spacial score (nSPS) is 17.2. The fourth-order valence-corrected chi connectivity index (χ4v) is 3.05.